The van der Waals surface area contributed by atoms with Crippen LogP contribution < -0.4 is 4.74 Å². The Morgan fingerprint density at radius 2 is 1.33 bits per heavy atom. The molecule has 0 bridgehead atoms. The zero-order valence-electron chi connectivity index (χ0n) is 15.4. The molecule has 24 heavy (non-hydrogen) atoms. The van der Waals surface area contributed by atoms with Crippen molar-refractivity contribution in [3.8, 4) is 5.75 Å². The van der Waals surface area contributed by atoms with Crippen molar-refractivity contribution >= 4 is 29.6 Å². The van der Waals surface area contributed by atoms with E-state index >= 15 is 0 Å². The zero-order chi connectivity index (χ0) is 17.0. The molecule has 0 aromatic heterocycles. The van der Waals surface area contributed by atoms with Gasteiger partial charge in [-0.05, 0) is 44.4 Å². The van der Waals surface area contributed by atoms with Crippen molar-refractivity contribution in [2.45, 2.75) is 78.6 Å². The second-order valence-corrected chi connectivity index (χ2v) is 5.99. The molecule has 0 amide bonds. The van der Waals surface area contributed by atoms with Crippen LogP contribution in [0.15, 0.2) is 24.3 Å². The van der Waals surface area contributed by atoms with E-state index < -0.39 is 5.97 Å². The number of hydrogen-bond acceptors (Lipinski definition) is 3. The zero-order valence-corrected chi connectivity index (χ0v) is 15.4. The number of benzene rings is 1. The first-order chi connectivity index (χ1) is 11.1. The van der Waals surface area contributed by atoms with Gasteiger partial charge in [-0.25, -0.2) is 0 Å². The van der Waals surface area contributed by atoms with Gasteiger partial charge in [0.2, 0.25) is 0 Å². The maximum absolute atomic E-state index is 5.86. The number of rotatable bonds is 13. The minimum atomic E-state index is -1.01. The number of ether oxygens (including phenoxy) is 3. The van der Waals surface area contributed by atoms with Crippen molar-refractivity contribution in [3.63, 3.8) is 0 Å². The molecule has 0 radical (unpaired) electrons. The average molecular weight is 346 g/mol. The molecule has 0 fully saturated rings. The molecule has 1 aromatic rings. The van der Waals surface area contributed by atoms with Crippen LogP contribution in [-0.2, 0) is 15.9 Å². The summed E-state index contributed by atoms with van der Waals surface area (Å²) in [6, 6.07) is 8.28. The summed E-state index contributed by atoms with van der Waals surface area (Å²) in [5.74, 6) is -0.231. The van der Waals surface area contributed by atoms with Gasteiger partial charge in [-0.15, -0.1) is 0 Å². The van der Waals surface area contributed by atoms with Crippen LogP contribution >= 0.6 is 0 Å². The molecular formula is C20H35NaO3. The second kappa shape index (κ2) is 14.1. The molecule has 4 heteroatoms. The van der Waals surface area contributed by atoms with Crippen molar-refractivity contribution in [2.75, 3.05) is 13.2 Å². The predicted octanol–water partition coefficient (Wildman–Crippen LogP) is 5.07. The van der Waals surface area contributed by atoms with Gasteiger partial charge in [0.05, 0.1) is 13.2 Å². The van der Waals surface area contributed by atoms with Crippen LogP contribution in [0.3, 0.4) is 0 Å². The predicted molar refractivity (Wildman–Crippen MR) is 103 cm³/mol. The van der Waals surface area contributed by atoms with Crippen LogP contribution in [0.1, 0.15) is 71.8 Å². The van der Waals surface area contributed by atoms with Gasteiger partial charge in [-0.2, -0.15) is 0 Å². The van der Waals surface area contributed by atoms with Crippen LogP contribution in [0.5, 0.6) is 5.75 Å². The van der Waals surface area contributed by atoms with Gasteiger partial charge in [0.1, 0.15) is 5.75 Å². The van der Waals surface area contributed by atoms with Crippen LogP contribution in [0.25, 0.3) is 0 Å². The Kier molecular flexibility index (Phi) is 14.1. The van der Waals surface area contributed by atoms with Gasteiger partial charge in [0, 0.05) is 6.92 Å². The van der Waals surface area contributed by atoms with E-state index in [0.29, 0.717) is 13.2 Å². The Labute approximate surface area is 170 Å². The Balaban J connectivity index is 0.00000529. The van der Waals surface area contributed by atoms with E-state index in [4.69, 9.17) is 14.2 Å². The summed E-state index contributed by atoms with van der Waals surface area (Å²) in [7, 11) is 0. The van der Waals surface area contributed by atoms with Crippen molar-refractivity contribution in [1.29, 1.82) is 0 Å². The first-order valence-electron chi connectivity index (χ1n) is 9.19. The molecule has 0 saturated heterocycles. The van der Waals surface area contributed by atoms with E-state index in [1.54, 1.807) is 0 Å². The van der Waals surface area contributed by atoms with Crippen molar-refractivity contribution < 1.29 is 14.2 Å². The molecule has 134 valence electrons. The van der Waals surface area contributed by atoms with Crippen LogP contribution in [0.4, 0.5) is 0 Å². The van der Waals surface area contributed by atoms with Crippen LogP contribution in [-0.4, -0.2) is 48.7 Å². The number of unbranched alkanes of at least 4 members (excludes halogenated alkanes) is 5. The van der Waals surface area contributed by atoms with Crippen molar-refractivity contribution in [2.24, 2.45) is 0 Å². The summed E-state index contributed by atoms with van der Waals surface area (Å²) < 4.78 is 17.0. The van der Waals surface area contributed by atoms with E-state index in [1.807, 2.05) is 32.9 Å². The van der Waals surface area contributed by atoms with Gasteiger partial charge in [0.25, 0.3) is 0 Å². The summed E-state index contributed by atoms with van der Waals surface area (Å²) in [4.78, 5) is 0. The van der Waals surface area contributed by atoms with E-state index in [9.17, 15) is 0 Å². The van der Waals surface area contributed by atoms with Crippen LogP contribution in [0, 0.1) is 0 Å². The van der Waals surface area contributed by atoms with Gasteiger partial charge in [-0.3, -0.25) is 0 Å². The molecular weight excluding hydrogens is 311 g/mol. The van der Waals surface area contributed by atoms with E-state index in [-0.39, 0.29) is 29.6 Å². The molecule has 0 aliphatic rings. The van der Waals surface area contributed by atoms with E-state index in [1.165, 1.54) is 44.1 Å². The number of aryl methyl sites for hydroxylation is 1. The standard InChI is InChI=1S/C20H34O3.Na.H/c1-5-8-9-10-11-12-13-18-14-16-19(17-15-18)23-20(4,21-6-2)22-7-3;;/h14-17H,5-13H2,1-4H3;;. The third kappa shape index (κ3) is 10.0. The minimum absolute atomic E-state index is 0. The second-order valence-electron chi connectivity index (χ2n) is 5.99. The first kappa shape index (κ1) is 23.9. The van der Waals surface area contributed by atoms with Gasteiger partial charge < -0.3 is 14.2 Å². The monoisotopic (exact) mass is 346 g/mol. The third-order valence-electron chi connectivity index (χ3n) is 3.86. The Bertz CT molecular complexity index is 400. The summed E-state index contributed by atoms with van der Waals surface area (Å²) in [5.41, 5.74) is 1.36. The Morgan fingerprint density at radius 1 is 0.792 bits per heavy atom. The SMILES string of the molecule is CCCCCCCCc1ccc(OC(C)(OCC)OCC)cc1.[NaH]. The normalized spacial score (nSPS) is 11.2. The molecule has 0 saturated carbocycles. The van der Waals surface area contributed by atoms with Crippen molar-refractivity contribution in [3.05, 3.63) is 29.8 Å². The summed E-state index contributed by atoms with van der Waals surface area (Å²) in [6.07, 6.45) is 9.13. The molecule has 0 atom stereocenters. The summed E-state index contributed by atoms with van der Waals surface area (Å²) >= 11 is 0. The Hall–Kier alpha value is -0.0600. The van der Waals surface area contributed by atoms with Crippen molar-refractivity contribution in [1.82, 2.24) is 0 Å². The molecule has 0 N–H and O–H groups in total. The number of hydrogen-bond donors (Lipinski definition) is 0. The molecule has 0 aliphatic heterocycles. The first-order valence-corrected chi connectivity index (χ1v) is 9.19. The van der Waals surface area contributed by atoms with Crippen LogP contribution in [0.2, 0.25) is 0 Å². The Morgan fingerprint density at radius 3 is 1.88 bits per heavy atom. The fraction of sp³-hybridized carbons (Fsp3) is 0.700. The molecule has 0 aliphatic carbocycles. The summed E-state index contributed by atoms with van der Waals surface area (Å²) in [5, 5.41) is 0. The molecule has 0 spiro atoms. The average Bonchev–Trinajstić information content (AvgIpc) is 2.52. The topological polar surface area (TPSA) is 27.7 Å². The molecule has 1 aromatic carbocycles. The molecule has 0 unspecified atom stereocenters. The van der Waals surface area contributed by atoms with E-state index in [0.717, 1.165) is 12.2 Å². The quantitative estimate of drug-likeness (QED) is 0.284. The van der Waals surface area contributed by atoms with E-state index in [2.05, 4.69) is 19.1 Å². The van der Waals surface area contributed by atoms with Gasteiger partial charge in [-0.1, -0.05) is 51.2 Å². The fourth-order valence-corrected chi connectivity index (χ4v) is 2.67. The van der Waals surface area contributed by atoms with Gasteiger partial charge >= 0.3 is 35.5 Å². The maximum atomic E-state index is 5.86. The third-order valence-corrected chi connectivity index (χ3v) is 3.86. The molecule has 3 nitrogen and oxygen atoms in total. The summed E-state index contributed by atoms with van der Waals surface area (Å²) in [6.45, 7) is 9.03. The molecule has 1 rings (SSSR count). The molecule has 0 heterocycles. The van der Waals surface area contributed by atoms with Gasteiger partial charge in [0.15, 0.2) is 0 Å². The fourth-order valence-electron chi connectivity index (χ4n) is 2.67.